The van der Waals surface area contributed by atoms with Gasteiger partial charge in [-0.05, 0) is 42.0 Å². The first-order valence-corrected chi connectivity index (χ1v) is 11.4. The van der Waals surface area contributed by atoms with Gasteiger partial charge >= 0.3 is 0 Å². The molecule has 0 spiro atoms. The van der Waals surface area contributed by atoms with Crippen LogP contribution in [0.2, 0.25) is 0 Å². The molecule has 0 N–H and O–H groups in total. The van der Waals surface area contributed by atoms with Crippen molar-refractivity contribution < 1.29 is 14.3 Å². The molecule has 1 atom stereocenters. The Morgan fingerprint density at radius 3 is 2.76 bits per heavy atom. The van der Waals surface area contributed by atoms with Gasteiger partial charge in [-0.15, -0.1) is 0 Å². The number of piperidine rings is 1. The van der Waals surface area contributed by atoms with Crippen molar-refractivity contribution in [1.29, 1.82) is 0 Å². The smallest absolute Gasteiger partial charge is 0.254 e. The summed E-state index contributed by atoms with van der Waals surface area (Å²) in [7, 11) is 0. The largest absolute Gasteiger partial charge is 0.454 e. The Balaban J connectivity index is 1.14. The van der Waals surface area contributed by atoms with Gasteiger partial charge in [0.15, 0.2) is 11.5 Å². The fourth-order valence-electron chi connectivity index (χ4n) is 4.59. The van der Waals surface area contributed by atoms with Gasteiger partial charge in [0, 0.05) is 57.2 Å². The first kappa shape index (κ1) is 18.9. The topological polar surface area (TPSA) is 45.3 Å². The third-order valence-electron chi connectivity index (χ3n) is 6.22. The number of likely N-dealkylation sites (tertiary alicyclic amines) is 1. The minimum absolute atomic E-state index is 0.192. The highest BCUT2D eigenvalue weighted by molar-refractivity contribution is 7.08. The third-order valence-corrected chi connectivity index (χ3v) is 6.90. The molecule has 0 bridgehead atoms. The van der Waals surface area contributed by atoms with Crippen LogP contribution in [0.3, 0.4) is 0 Å². The van der Waals surface area contributed by atoms with E-state index in [1.54, 1.807) is 11.3 Å². The molecular formula is C22H27N3O3S. The van der Waals surface area contributed by atoms with Gasteiger partial charge < -0.3 is 14.4 Å². The summed E-state index contributed by atoms with van der Waals surface area (Å²) in [5.74, 6) is 1.90. The summed E-state index contributed by atoms with van der Waals surface area (Å²) in [5.41, 5.74) is 2.11. The van der Waals surface area contributed by atoms with Crippen LogP contribution < -0.4 is 9.47 Å². The van der Waals surface area contributed by atoms with Gasteiger partial charge in [-0.2, -0.15) is 11.3 Å². The first-order valence-electron chi connectivity index (χ1n) is 10.4. The monoisotopic (exact) mass is 413 g/mol. The highest BCUT2D eigenvalue weighted by Gasteiger charge is 2.30. The molecule has 29 heavy (non-hydrogen) atoms. The van der Waals surface area contributed by atoms with Crippen molar-refractivity contribution in [2.75, 3.05) is 46.1 Å². The summed E-state index contributed by atoms with van der Waals surface area (Å²) >= 11 is 1.59. The van der Waals surface area contributed by atoms with E-state index in [1.807, 2.05) is 22.9 Å². The molecule has 5 rings (SSSR count). The number of benzene rings is 1. The van der Waals surface area contributed by atoms with Crippen molar-refractivity contribution in [2.45, 2.75) is 25.4 Å². The Morgan fingerprint density at radius 1 is 1.07 bits per heavy atom. The molecule has 2 aromatic rings. The molecule has 1 aromatic heterocycles. The van der Waals surface area contributed by atoms with E-state index in [2.05, 4.69) is 26.8 Å². The third kappa shape index (κ3) is 4.13. The van der Waals surface area contributed by atoms with E-state index in [4.69, 9.17) is 9.47 Å². The summed E-state index contributed by atoms with van der Waals surface area (Å²) in [4.78, 5) is 19.9. The van der Waals surface area contributed by atoms with Crippen LogP contribution in [0.5, 0.6) is 11.5 Å². The molecule has 154 valence electrons. The number of hydrogen-bond acceptors (Lipinski definition) is 6. The van der Waals surface area contributed by atoms with Gasteiger partial charge in [0.25, 0.3) is 5.91 Å². The minimum atomic E-state index is 0.192. The summed E-state index contributed by atoms with van der Waals surface area (Å²) in [6.45, 7) is 7.26. The Bertz CT molecular complexity index is 849. The number of hydrogen-bond donors (Lipinski definition) is 0. The maximum Gasteiger partial charge on any atom is 0.254 e. The summed E-state index contributed by atoms with van der Waals surface area (Å²) < 4.78 is 10.9. The average molecular weight is 414 g/mol. The van der Waals surface area contributed by atoms with Crippen LogP contribution in [0.25, 0.3) is 0 Å². The maximum atomic E-state index is 12.7. The van der Waals surface area contributed by atoms with Crippen molar-refractivity contribution in [3.05, 3.63) is 46.2 Å². The molecule has 1 aromatic carbocycles. The molecule has 3 aliphatic rings. The van der Waals surface area contributed by atoms with Crippen molar-refractivity contribution in [3.8, 4) is 11.5 Å². The number of carbonyl (C=O) groups is 1. The van der Waals surface area contributed by atoms with Gasteiger partial charge in [-0.3, -0.25) is 14.6 Å². The standard InChI is InChI=1S/C22H27N3O3S/c26-22(18-5-11-29-15-18)25-6-1-2-19(14-25)24-9-7-23(8-10-24)13-17-3-4-20-21(12-17)28-16-27-20/h3-5,11-12,15,19H,1-2,6-10,13-14,16H2. The SMILES string of the molecule is O=C(c1ccsc1)N1CCCC(N2CCN(Cc3ccc4c(c3)OCO4)CC2)C1. The Labute approximate surface area is 175 Å². The minimum Gasteiger partial charge on any atom is -0.454 e. The Kier molecular flexibility index (Phi) is 5.44. The van der Waals surface area contributed by atoms with Crippen LogP contribution in [0.15, 0.2) is 35.0 Å². The average Bonchev–Trinajstić information content (AvgIpc) is 3.46. The fraction of sp³-hybridized carbons (Fsp3) is 0.500. The predicted molar refractivity (Wildman–Crippen MR) is 113 cm³/mol. The second-order valence-corrected chi connectivity index (χ2v) is 8.84. The lowest BCUT2D eigenvalue weighted by molar-refractivity contribution is 0.0408. The second kappa shape index (κ2) is 8.34. The highest BCUT2D eigenvalue weighted by Crippen LogP contribution is 2.33. The molecule has 6 nitrogen and oxygen atoms in total. The van der Waals surface area contributed by atoms with E-state index in [0.29, 0.717) is 12.8 Å². The second-order valence-electron chi connectivity index (χ2n) is 8.06. The predicted octanol–water partition coefficient (Wildman–Crippen LogP) is 2.90. The molecule has 2 saturated heterocycles. The molecular weight excluding hydrogens is 386 g/mol. The number of amides is 1. The van der Waals surface area contributed by atoms with Crippen LogP contribution in [-0.4, -0.2) is 72.7 Å². The molecule has 3 aliphatic heterocycles. The van der Waals surface area contributed by atoms with Crippen molar-refractivity contribution in [3.63, 3.8) is 0 Å². The number of thiophene rings is 1. The molecule has 2 fully saturated rings. The summed E-state index contributed by atoms with van der Waals surface area (Å²) in [5, 5.41) is 3.94. The number of fused-ring (bicyclic) bond motifs is 1. The van der Waals surface area contributed by atoms with Gasteiger partial charge in [-0.25, -0.2) is 0 Å². The van der Waals surface area contributed by atoms with E-state index in [-0.39, 0.29) is 5.91 Å². The van der Waals surface area contributed by atoms with Crippen LogP contribution in [-0.2, 0) is 6.54 Å². The molecule has 1 unspecified atom stereocenters. The van der Waals surface area contributed by atoms with Gasteiger partial charge in [0.05, 0.1) is 5.56 Å². The summed E-state index contributed by atoms with van der Waals surface area (Å²) in [6, 6.07) is 8.67. The molecule has 0 aliphatic carbocycles. The van der Waals surface area contributed by atoms with E-state index in [0.717, 1.165) is 69.3 Å². The molecule has 4 heterocycles. The van der Waals surface area contributed by atoms with Crippen LogP contribution in [0, 0.1) is 0 Å². The number of carbonyl (C=O) groups excluding carboxylic acids is 1. The lowest BCUT2D eigenvalue weighted by Gasteiger charge is -2.43. The summed E-state index contributed by atoms with van der Waals surface area (Å²) in [6.07, 6.45) is 2.29. The zero-order chi connectivity index (χ0) is 19.6. The quantitative estimate of drug-likeness (QED) is 0.771. The van der Waals surface area contributed by atoms with E-state index in [1.165, 1.54) is 12.0 Å². The van der Waals surface area contributed by atoms with Gasteiger partial charge in [0.2, 0.25) is 6.79 Å². The number of piperazine rings is 1. The van der Waals surface area contributed by atoms with E-state index >= 15 is 0 Å². The first-order chi connectivity index (χ1) is 14.3. The van der Waals surface area contributed by atoms with Crippen LogP contribution in [0.1, 0.15) is 28.8 Å². The van der Waals surface area contributed by atoms with Crippen LogP contribution in [0.4, 0.5) is 0 Å². The number of ether oxygens (including phenoxy) is 2. The fourth-order valence-corrected chi connectivity index (χ4v) is 5.22. The van der Waals surface area contributed by atoms with Crippen LogP contribution >= 0.6 is 11.3 Å². The lowest BCUT2D eigenvalue weighted by Crippen LogP contribution is -2.55. The normalized spacial score (nSPS) is 22.8. The Hall–Kier alpha value is -2.09. The molecule has 0 saturated carbocycles. The molecule has 1 amide bonds. The zero-order valence-corrected chi connectivity index (χ0v) is 17.4. The molecule has 0 radical (unpaired) electrons. The van der Waals surface area contributed by atoms with Crippen molar-refractivity contribution in [2.24, 2.45) is 0 Å². The van der Waals surface area contributed by atoms with Gasteiger partial charge in [-0.1, -0.05) is 6.07 Å². The maximum absolute atomic E-state index is 12.7. The van der Waals surface area contributed by atoms with Crippen molar-refractivity contribution in [1.82, 2.24) is 14.7 Å². The number of nitrogens with zero attached hydrogens (tertiary/aromatic N) is 3. The number of rotatable bonds is 4. The Morgan fingerprint density at radius 2 is 1.93 bits per heavy atom. The van der Waals surface area contributed by atoms with E-state index in [9.17, 15) is 4.79 Å². The van der Waals surface area contributed by atoms with E-state index < -0.39 is 0 Å². The highest BCUT2D eigenvalue weighted by atomic mass is 32.1. The zero-order valence-electron chi connectivity index (χ0n) is 16.6. The molecule has 7 heteroatoms. The van der Waals surface area contributed by atoms with Gasteiger partial charge in [0.1, 0.15) is 0 Å². The lowest BCUT2D eigenvalue weighted by atomic mass is 10.0. The van der Waals surface area contributed by atoms with Crippen molar-refractivity contribution >= 4 is 17.2 Å².